The fourth-order valence-electron chi connectivity index (χ4n) is 1.16. The first-order chi connectivity index (χ1) is 8.47. The van der Waals surface area contributed by atoms with Gasteiger partial charge < -0.3 is 15.2 Å². The van der Waals surface area contributed by atoms with Gasteiger partial charge in [0.25, 0.3) is 0 Å². The molecule has 1 rings (SSSR count). The predicted octanol–water partition coefficient (Wildman–Crippen LogP) is 0.325. The van der Waals surface area contributed by atoms with Crippen molar-refractivity contribution in [3.05, 3.63) is 24.3 Å². The molecule has 0 atom stereocenters. The Kier molecular flexibility index (Phi) is 4.79. The number of amides is 1. The first-order valence-electron chi connectivity index (χ1n) is 5.17. The number of hydrogen-bond donors (Lipinski definition) is 1. The molecule has 1 aromatic rings. The van der Waals surface area contributed by atoms with Gasteiger partial charge in [0.15, 0.2) is 0 Å². The molecule has 0 radical (unpaired) electrons. The number of benzene rings is 1. The highest BCUT2D eigenvalue weighted by Crippen LogP contribution is 2.16. The second-order valence-corrected chi connectivity index (χ2v) is 3.61. The van der Waals surface area contributed by atoms with Crippen molar-refractivity contribution in [3.8, 4) is 0 Å². The molecule has 1 N–H and O–H groups in total. The SMILES string of the molecule is CC(=O)Nc1ccc(N=NN(C)CC(=O)[O-])cc1. The van der Waals surface area contributed by atoms with Crippen molar-refractivity contribution in [2.75, 3.05) is 18.9 Å². The van der Waals surface area contributed by atoms with Gasteiger partial charge in [-0.1, -0.05) is 5.22 Å². The number of nitrogens with one attached hydrogen (secondary N) is 1. The van der Waals surface area contributed by atoms with E-state index in [0.29, 0.717) is 11.4 Å². The Labute approximate surface area is 104 Å². The van der Waals surface area contributed by atoms with Gasteiger partial charge in [-0.2, -0.15) is 0 Å². The van der Waals surface area contributed by atoms with Crippen LogP contribution in [0, 0.1) is 0 Å². The maximum absolute atomic E-state index is 10.8. The van der Waals surface area contributed by atoms with Crippen molar-refractivity contribution < 1.29 is 14.7 Å². The fourth-order valence-corrected chi connectivity index (χ4v) is 1.16. The van der Waals surface area contributed by atoms with E-state index in [1.54, 1.807) is 24.3 Å². The summed E-state index contributed by atoms with van der Waals surface area (Å²) in [5.74, 6) is -1.38. The van der Waals surface area contributed by atoms with Crippen LogP contribution in [0.2, 0.25) is 0 Å². The third-order valence-electron chi connectivity index (χ3n) is 1.86. The molecule has 7 nitrogen and oxygen atoms in total. The van der Waals surface area contributed by atoms with Crippen LogP contribution in [0.1, 0.15) is 6.92 Å². The molecule has 0 saturated carbocycles. The molecule has 0 heterocycles. The van der Waals surface area contributed by atoms with Crippen molar-refractivity contribution in [1.82, 2.24) is 5.01 Å². The summed E-state index contributed by atoms with van der Waals surface area (Å²) in [6.07, 6.45) is 0. The molecule has 96 valence electrons. The lowest BCUT2D eigenvalue weighted by atomic mass is 10.3. The van der Waals surface area contributed by atoms with Crippen molar-refractivity contribution in [1.29, 1.82) is 0 Å². The second-order valence-electron chi connectivity index (χ2n) is 3.61. The van der Waals surface area contributed by atoms with Crippen LogP contribution < -0.4 is 10.4 Å². The van der Waals surface area contributed by atoms with E-state index >= 15 is 0 Å². The molecule has 1 aromatic carbocycles. The molecule has 0 aliphatic heterocycles. The molecule has 7 heteroatoms. The lowest BCUT2D eigenvalue weighted by molar-refractivity contribution is -0.306. The number of carboxylic acid groups (broad SMARTS) is 1. The van der Waals surface area contributed by atoms with Gasteiger partial charge in [-0.3, -0.25) is 9.80 Å². The average Bonchev–Trinajstić information content (AvgIpc) is 2.26. The number of carbonyl (C=O) groups excluding carboxylic acids is 2. The predicted molar refractivity (Wildman–Crippen MR) is 62.9 cm³/mol. The molecule has 0 aliphatic rings. The van der Waals surface area contributed by atoms with Gasteiger partial charge in [0.2, 0.25) is 5.91 Å². The van der Waals surface area contributed by atoms with E-state index in [0.717, 1.165) is 5.01 Å². The molecule has 1 amide bonds. The van der Waals surface area contributed by atoms with Crippen LogP contribution in [-0.2, 0) is 9.59 Å². The highest BCUT2D eigenvalue weighted by molar-refractivity contribution is 5.88. The van der Waals surface area contributed by atoms with Crippen LogP contribution in [0.4, 0.5) is 11.4 Å². The van der Waals surface area contributed by atoms with Crippen LogP contribution in [-0.4, -0.2) is 30.5 Å². The first-order valence-corrected chi connectivity index (χ1v) is 5.17. The summed E-state index contributed by atoms with van der Waals surface area (Å²) in [7, 11) is 1.48. The van der Waals surface area contributed by atoms with Crippen molar-refractivity contribution in [3.63, 3.8) is 0 Å². The molecule has 0 fully saturated rings. The van der Waals surface area contributed by atoms with Gasteiger partial charge in [0, 0.05) is 19.7 Å². The number of nitrogens with zero attached hydrogens (tertiary/aromatic N) is 3. The van der Waals surface area contributed by atoms with Crippen molar-refractivity contribution in [2.24, 2.45) is 10.3 Å². The quantitative estimate of drug-likeness (QED) is 0.600. The van der Waals surface area contributed by atoms with Crippen LogP contribution in [0.5, 0.6) is 0 Å². The number of rotatable bonds is 5. The van der Waals surface area contributed by atoms with Gasteiger partial charge >= 0.3 is 0 Å². The molecule has 0 aliphatic carbocycles. The monoisotopic (exact) mass is 249 g/mol. The topological polar surface area (TPSA) is 97.2 Å². The number of carbonyl (C=O) groups is 2. The Morgan fingerprint density at radius 1 is 1.33 bits per heavy atom. The standard InChI is InChI=1S/C11H14N4O3/c1-8(16)12-9-3-5-10(6-4-9)13-14-15(2)7-11(17)18/h3-6H,7H2,1-2H3,(H,12,16)(H,17,18)/p-1. The Morgan fingerprint density at radius 2 is 1.94 bits per heavy atom. The maximum Gasteiger partial charge on any atom is 0.221 e. The third kappa shape index (κ3) is 5.06. The lowest BCUT2D eigenvalue weighted by Crippen LogP contribution is -2.33. The summed E-state index contributed by atoms with van der Waals surface area (Å²) in [5, 5.41) is 21.5. The minimum Gasteiger partial charge on any atom is -0.548 e. The average molecular weight is 249 g/mol. The van der Waals surface area contributed by atoms with Gasteiger partial charge in [-0.15, -0.1) is 5.11 Å². The molecule has 0 aromatic heterocycles. The fraction of sp³-hybridized carbons (Fsp3) is 0.273. The number of likely N-dealkylation sites (N-methyl/N-ethyl adjacent to an activating group) is 1. The van der Waals surface area contributed by atoms with Crippen LogP contribution in [0.25, 0.3) is 0 Å². The Morgan fingerprint density at radius 3 is 2.44 bits per heavy atom. The van der Waals surface area contributed by atoms with Crippen LogP contribution >= 0.6 is 0 Å². The molecule has 18 heavy (non-hydrogen) atoms. The van der Waals surface area contributed by atoms with Gasteiger partial charge in [-0.25, -0.2) is 0 Å². The normalized spacial score (nSPS) is 10.3. The van der Waals surface area contributed by atoms with E-state index in [1.807, 2.05) is 0 Å². The summed E-state index contributed by atoms with van der Waals surface area (Å²) in [6.45, 7) is 1.09. The Bertz CT molecular complexity index is 456. The number of carboxylic acids is 1. The van der Waals surface area contributed by atoms with Crippen molar-refractivity contribution in [2.45, 2.75) is 6.92 Å². The van der Waals surface area contributed by atoms with Gasteiger partial charge in [0.1, 0.15) is 0 Å². The Balaban J connectivity index is 2.60. The minimum absolute atomic E-state index is 0.155. The zero-order chi connectivity index (χ0) is 13.5. The maximum atomic E-state index is 10.8. The molecule has 0 bridgehead atoms. The smallest absolute Gasteiger partial charge is 0.221 e. The minimum atomic E-state index is -1.22. The lowest BCUT2D eigenvalue weighted by Gasteiger charge is -2.10. The summed E-state index contributed by atoms with van der Waals surface area (Å²) in [4.78, 5) is 21.1. The number of anilines is 1. The van der Waals surface area contributed by atoms with E-state index in [1.165, 1.54) is 14.0 Å². The second kappa shape index (κ2) is 6.33. The van der Waals surface area contributed by atoms with E-state index in [9.17, 15) is 14.7 Å². The van der Waals surface area contributed by atoms with Crippen molar-refractivity contribution >= 4 is 23.3 Å². The molecule has 0 saturated heterocycles. The largest absolute Gasteiger partial charge is 0.548 e. The summed E-state index contributed by atoms with van der Waals surface area (Å²) < 4.78 is 0. The highest BCUT2D eigenvalue weighted by Gasteiger charge is 1.96. The highest BCUT2D eigenvalue weighted by atomic mass is 16.4. The summed E-state index contributed by atoms with van der Waals surface area (Å²) in [5.41, 5.74) is 1.21. The molecular weight excluding hydrogens is 236 g/mol. The molecule has 0 unspecified atom stereocenters. The molecule has 0 spiro atoms. The van der Waals surface area contributed by atoms with Gasteiger partial charge in [-0.05, 0) is 24.3 Å². The summed E-state index contributed by atoms with van der Waals surface area (Å²) in [6, 6.07) is 6.66. The van der Waals surface area contributed by atoms with E-state index in [2.05, 4.69) is 15.7 Å². The number of aliphatic carboxylic acids is 1. The first kappa shape index (κ1) is 13.6. The van der Waals surface area contributed by atoms with Crippen LogP contribution in [0.3, 0.4) is 0 Å². The van der Waals surface area contributed by atoms with E-state index in [4.69, 9.17) is 0 Å². The zero-order valence-corrected chi connectivity index (χ0v) is 10.1. The van der Waals surface area contributed by atoms with E-state index in [-0.39, 0.29) is 12.5 Å². The van der Waals surface area contributed by atoms with E-state index < -0.39 is 5.97 Å². The third-order valence-corrected chi connectivity index (χ3v) is 1.86. The zero-order valence-electron chi connectivity index (χ0n) is 10.1. The molecular formula is C11H13N4O3-. The van der Waals surface area contributed by atoms with Gasteiger partial charge in [0.05, 0.1) is 18.2 Å². The van der Waals surface area contributed by atoms with Crippen LogP contribution in [0.15, 0.2) is 34.6 Å². The Hall–Kier alpha value is -2.44. The number of hydrogen-bond acceptors (Lipinski definition) is 5. The summed E-state index contributed by atoms with van der Waals surface area (Å²) >= 11 is 0.